The molecule has 0 saturated carbocycles. The number of amides is 1. The summed E-state index contributed by atoms with van der Waals surface area (Å²) in [6.45, 7) is 0.578. The van der Waals surface area contributed by atoms with Gasteiger partial charge in [0, 0.05) is 41.1 Å². The normalized spacial score (nSPS) is 11.1. The molecule has 0 spiro atoms. The number of carbonyl (C=O) groups is 1. The van der Waals surface area contributed by atoms with Gasteiger partial charge in [-0.2, -0.15) is 0 Å². The molecule has 27 heavy (non-hydrogen) atoms. The number of aromatic amines is 2. The lowest BCUT2D eigenvalue weighted by Crippen LogP contribution is -2.26. The molecule has 5 heteroatoms. The van der Waals surface area contributed by atoms with Gasteiger partial charge in [-0.25, -0.2) is 0 Å². The fraction of sp³-hybridized carbons (Fsp3) is 0.182. The van der Waals surface area contributed by atoms with Crippen molar-refractivity contribution in [2.45, 2.75) is 19.3 Å². The van der Waals surface area contributed by atoms with Crippen LogP contribution in [0.2, 0.25) is 0 Å². The molecule has 4 rings (SSSR count). The first-order valence-corrected chi connectivity index (χ1v) is 9.13. The van der Waals surface area contributed by atoms with Crippen LogP contribution >= 0.6 is 0 Å². The first kappa shape index (κ1) is 17.1. The molecule has 0 unspecified atom stereocenters. The second-order valence-electron chi connectivity index (χ2n) is 6.67. The van der Waals surface area contributed by atoms with Crippen LogP contribution in [0.4, 0.5) is 0 Å². The molecule has 2 aromatic heterocycles. The predicted molar refractivity (Wildman–Crippen MR) is 108 cm³/mol. The molecule has 1 amide bonds. The molecule has 0 atom stereocenters. The fourth-order valence-electron chi connectivity index (χ4n) is 3.39. The monoisotopic (exact) mass is 359 g/mol. The minimum atomic E-state index is -0.125. The molecule has 0 aliphatic rings. The van der Waals surface area contributed by atoms with Gasteiger partial charge in [-0.1, -0.05) is 36.4 Å². The first-order valence-electron chi connectivity index (χ1n) is 9.13. The van der Waals surface area contributed by atoms with Crippen LogP contribution in [0.5, 0.6) is 0 Å². The lowest BCUT2D eigenvalue weighted by atomic mass is 10.1. The number of rotatable bonds is 6. The topological polar surface area (TPSA) is 77.8 Å². The SMILES string of the molecule is O=C(CCc1cc2ccccc2[nH]c1=O)NCCc1c[nH]c2ccccc12. The van der Waals surface area contributed by atoms with E-state index in [4.69, 9.17) is 0 Å². The number of hydrogen-bond donors (Lipinski definition) is 3. The van der Waals surface area contributed by atoms with Crippen LogP contribution in [0.1, 0.15) is 17.5 Å². The average Bonchev–Trinajstić information content (AvgIpc) is 3.09. The highest BCUT2D eigenvalue weighted by Gasteiger charge is 2.08. The van der Waals surface area contributed by atoms with Crippen molar-refractivity contribution in [1.82, 2.24) is 15.3 Å². The van der Waals surface area contributed by atoms with Crippen LogP contribution in [-0.2, 0) is 17.6 Å². The summed E-state index contributed by atoms with van der Waals surface area (Å²) in [6.07, 6.45) is 3.49. The lowest BCUT2D eigenvalue weighted by molar-refractivity contribution is -0.121. The van der Waals surface area contributed by atoms with Crippen molar-refractivity contribution in [2.75, 3.05) is 6.54 Å². The molecule has 3 N–H and O–H groups in total. The summed E-state index contributed by atoms with van der Waals surface area (Å²) < 4.78 is 0. The van der Waals surface area contributed by atoms with Gasteiger partial charge in [-0.3, -0.25) is 9.59 Å². The Kier molecular flexibility index (Phi) is 4.75. The second-order valence-corrected chi connectivity index (χ2v) is 6.67. The van der Waals surface area contributed by atoms with Crippen molar-refractivity contribution in [1.29, 1.82) is 0 Å². The van der Waals surface area contributed by atoms with Gasteiger partial charge in [0.05, 0.1) is 0 Å². The maximum atomic E-state index is 12.2. The lowest BCUT2D eigenvalue weighted by Gasteiger charge is -2.06. The highest BCUT2D eigenvalue weighted by atomic mass is 16.1. The molecular formula is C22H21N3O2. The Morgan fingerprint density at radius 2 is 1.70 bits per heavy atom. The Labute approximate surface area is 156 Å². The second kappa shape index (κ2) is 7.50. The summed E-state index contributed by atoms with van der Waals surface area (Å²) in [5, 5.41) is 5.12. The van der Waals surface area contributed by atoms with Crippen molar-refractivity contribution >= 4 is 27.7 Å². The fourth-order valence-corrected chi connectivity index (χ4v) is 3.39. The minimum absolute atomic E-state index is 0.0394. The van der Waals surface area contributed by atoms with Crippen LogP contribution in [-0.4, -0.2) is 22.4 Å². The zero-order chi connectivity index (χ0) is 18.6. The van der Waals surface area contributed by atoms with Crippen molar-refractivity contribution in [2.24, 2.45) is 0 Å². The summed E-state index contributed by atoms with van der Waals surface area (Å²) in [5.41, 5.74) is 3.63. The molecule has 4 aromatic rings. The van der Waals surface area contributed by atoms with E-state index >= 15 is 0 Å². The Balaban J connectivity index is 1.32. The summed E-state index contributed by atoms with van der Waals surface area (Å²) in [7, 11) is 0. The standard InChI is InChI=1S/C22H21N3O2/c26-21(23-12-11-17-14-24-20-8-4-2-6-18(17)20)10-9-16-13-15-5-1-3-7-19(15)25-22(16)27/h1-8,13-14,24H,9-12H2,(H,23,26)(H,25,27). The van der Waals surface area contributed by atoms with E-state index in [0.717, 1.165) is 22.8 Å². The van der Waals surface area contributed by atoms with Crippen LogP contribution in [0.15, 0.2) is 65.6 Å². The van der Waals surface area contributed by atoms with Crippen LogP contribution in [0, 0.1) is 0 Å². The van der Waals surface area contributed by atoms with Gasteiger partial charge < -0.3 is 15.3 Å². The number of pyridine rings is 1. The van der Waals surface area contributed by atoms with Gasteiger partial charge in [0.25, 0.3) is 5.56 Å². The van der Waals surface area contributed by atoms with Crippen molar-refractivity contribution in [3.05, 3.63) is 82.3 Å². The van der Waals surface area contributed by atoms with Gasteiger partial charge in [-0.05, 0) is 42.0 Å². The highest BCUT2D eigenvalue weighted by molar-refractivity contribution is 5.83. The molecule has 0 fully saturated rings. The van der Waals surface area contributed by atoms with Gasteiger partial charge in [0.2, 0.25) is 5.91 Å². The number of fused-ring (bicyclic) bond motifs is 2. The molecular weight excluding hydrogens is 338 g/mol. The quantitative estimate of drug-likeness (QED) is 0.494. The van der Waals surface area contributed by atoms with Gasteiger partial charge >= 0.3 is 0 Å². The zero-order valence-electron chi connectivity index (χ0n) is 14.9. The van der Waals surface area contributed by atoms with E-state index in [1.807, 2.05) is 54.7 Å². The number of aryl methyl sites for hydroxylation is 1. The summed E-state index contributed by atoms with van der Waals surface area (Å²) in [4.78, 5) is 30.4. The smallest absolute Gasteiger partial charge is 0.251 e. The Morgan fingerprint density at radius 3 is 2.59 bits per heavy atom. The van der Waals surface area contributed by atoms with Crippen LogP contribution < -0.4 is 10.9 Å². The largest absolute Gasteiger partial charge is 0.361 e. The van der Waals surface area contributed by atoms with Crippen molar-refractivity contribution in [3.8, 4) is 0 Å². The van der Waals surface area contributed by atoms with Crippen LogP contribution in [0.25, 0.3) is 21.8 Å². The summed E-state index contributed by atoms with van der Waals surface area (Å²) in [6, 6.07) is 17.6. The number of aromatic nitrogens is 2. The maximum Gasteiger partial charge on any atom is 0.251 e. The third kappa shape index (κ3) is 3.77. The minimum Gasteiger partial charge on any atom is -0.361 e. The Hall–Kier alpha value is -3.34. The van der Waals surface area contributed by atoms with E-state index in [-0.39, 0.29) is 11.5 Å². The Morgan fingerprint density at radius 1 is 0.926 bits per heavy atom. The number of H-pyrrole nitrogens is 2. The van der Waals surface area contributed by atoms with Gasteiger partial charge in [-0.15, -0.1) is 0 Å². The molecule has 5 nitrogen and oxygen atoms in total. The highest BCUT2D eigenvalue weighted by Crippen LogP contribution is 2.17. The number of hydrogen-bond acceptors (Lipinski definition) is 2. The van der Waals surface area contributed by atoms with Crippen molar-refractivity contribution in [3.63, 3.8) is 0 Å². The predicted octanol–water partition coefficient (Wildman–Crippen LogP) is 3.30. The summed E-state index contributed by atoms with van der Waals surface area (Å²) >= 11 is 0. The molecule has 2 aromatic carbocycles. The molecule has 0 bridgehead atoms. The van der Waals surface area contributed by atoms with E-state index in [2.05, 4.69) is 21.4 Å². The van der Waals surface area contributed by atoms with Crippen LogP contribution in [0.3, 0.4) is 0 Å². The maximum absolute atomic E-state index is 12.2. The first-order chi connectivity index (χ1) is 13.2. The molecule has 0 aliphatic carbocycles. The Bertz CT molecular complexity index is 1160. The number of nitrogens with one attached hydrogen (secondary N) is 3. The number of para-hydroxylation sites is 2. The average molecular weight is 359 g/mol. The summed E-state index contributed by atoms with van der Waals surface area (Å²) in [5.74, 6) is -0.0394. The molecule has 136 valence electrons. The number of carbonyl (C=O) groups excluding carboxylic acids is 1. The number of benzene rings is 2. The van der Waals surface area contributed by atoms with E-state index in [0.29, 0.717) is 24.9 Å². The molecule has 2 heterocycles. The third-order valence-electron chi connectivity index (χ3n) is 4.84. The van der Waals surface area contributed by atoms with Crippen molar-refractivity contribution < 1.29 is 4.79 Å². The van der Waals surface area contributed by atoms with E-state index in [1.54, 1.807) is 0 Å². The molecule has 0 aliphatic heterocycles. The van der Waals surface area contributed by atoms with Gasteiger partial charge in [0.1, 0.15) is 0 Å². The third-order valence-corrected chi connectivity index (χ3v) is 4.84. The molecule has 0 radical (unpaired) electrons. The van der Waals surface area contributed by atoms with E-state index < -0.39 is 0 Å². The molecule has 0 saturated heterocycles. The van der Waals surface area contributed by atoms with E-state index in [1.165, 1.54) is 10.9 Å². The van der Waals surface area contributed by atoms with Gasteiger partial charge in [0.15, 0.2) is 0 Å². The van der Waals surface area contributed by atoms with E-state index in [9.17, 15) is 9.59 Å². The zero-order valence-corrected chi connectivity index (χ0v) is 14.9.